The van der Waals surface area contributed by atoms with Gasteiger partial charge in [-0.1, -0.05) is 19.9 Å². The second kappa shape index (κ2) is 7.86. The van der Waals surface area contributed by atoms with Crippen LogP contribution < -0.4 is 0 Å². The number of hydrogen-bond acceptors (Lipinski definition) is 7. The fourth-order valence-electron chi connectivity index (χ4n) is 7.82. The van der Waals surface area contributed by atoms with Crippen molar-refractivity contribution in [3.63, 3.8) is 0 Å². The molecule has 1 N–H and O–H groups in total. The van der Waals surface area contributed by atoms with Gasteiger partial charge in [-0.3, -0.25) is 14.4 Å². The van der Waals surface area contributed by atoms with Gasteiger partial charge in [0.05, 0.1) is 0 Å². The van der Waals surface area contributed by atoms with E-state index in [9.17, 15) is 19.5 Å². The highest BCUT2D eigenvalue weighted by Gasteiger charge is 2.68. The van der Waals surface area contributed by atoms with Crippen LogP contribution in [0.1, 0.15) is 79.6 Å². The predicted molar refractivity (Wildman–Crippen MR) is 115 cm³/mol. The van der Waals surface area contributed by atoms with Gasteiger partial charge >= 0.3 is 17.9 Å². The molecule has 32 heavy (non-hydrogen) atoms. The third-order valence-electron chi connectivity index (χ3n) is 9.12. The number of esters is 3. The van der Waals surface area contributed by atoms with Crippen molar-refractivity contribution >= 4 is 17.9 Å². The summed E-state index contributed by atoms with van der Waals surface area (Å²) in [5.41, 5.74) is 0.402. The maximum Gasteiger partial charge on any atom is 0.305 e. The summed E-state index contributed by atoms with van der Waals surface area (Å²) < 4.78 is 16.9. The molecular weight excluding hydrogens is 412 g/mol. The molecule has 4 aliphatic carbocycles. The average Bonchev–Trinajstić information content (AvgIpc) is 2.95. The van der Waals surface area contributed by atoms with Crippen molar-refractivity contribution in [2.45, 2.75) is 97.6 Å². The van der Waals surface area contributed by atoms with Crippen LogP contribution in [-0.4, -0.2) is 41.0 Å². The number of allylic oxidation sites excluding steroid dienone is 1. The molecule has 4 aliphatic rings. The highest BCUT2D eigenvalue weighted by Crippen LogP contribution is 2.68. The van der Waals surface area contributed by atoms with Gasteiger partial charge in [0, 0.05) is 32.6 Å². The number of aliphatic hydroxyl groups is 1. The zero-order valence-electron chi connectivity index (χ0n) is 19.8. The zero-order chi connectivity index (χ0) is 23.5. The van der Waals surface area contributed by atoms with E-state index in [0.29, 0.717) is 24.7 Å². The minimum Gasteiger partial charge on any atom is -0.459 e. The first-order valence-corrected chi connectivity index (χ1v) is 11.9. The second-order valence-corrected chi connectivity index (χ2v) is 10.8. The number of carbonyl (C=O) groups is 3. The largest absolute Gasteiger partial charge is 0.459 e. The second-order valence-electron chi connectivity index (χ2n) is 10.8. The molecule has 0 aromatic rings. The van der Waals surface area contributed by atoms with Crippen molar-refractivity contribution in [2.24, 2.45) is 28.6 Å². The number of fused-ring (bicyclic) bond motifs is 5. The van der Waals surface area contributed by atoms with Crippen molar-refractivity contribution in [3.05, 3.63) is 11.6 Å². The number of rotatable bonds is 3. The maximum atomic E-state index is 12.0. The van der Waals surface area contributed by atoms with Crippen LogP contribution in [0.4, 0.5) is 0 Å². The van der Waals surface area contributed by atoms with E-state index in [1.807, 2.05) is 0 Å². The SMILES string of the molecule is CC(=O)OC1CC[C@@]2(C)C(=CC[C@@H]3[C@H]2CC[C@@]2(C)[C@H]3CCC2(OC(C)=O)OC(C)=O)C1O. The van der Waals surface area contributed by atoms with Crippen LogP contribution in [0.5, 0.6) is 0 Å². The fraction of sp³-hybridized carbons (Fsp3) is 0.800. The molecule has 0 radical (unpaired) electrons. The molecule has 0 aliphatic heterocycles. The molecular formula is C25H36O7. The highest BCUT2D eigenvalue weighted by atomic mass is 16.7. The van der Waals surface area contributed by atoms with E-state index in [2.05, 4.69) is 19.9 Å². The van der Waals surface area contributed by atoms with E-state index in [1.54, 1.807) is 0 Å². The summed E-state index contributed by atoms with van der Waals surface area (Å²) >= 11 is 0. The molecule has 4 rings (SSSR count). The van der Waals surface area contributed by atoms with E-state index >= 15 is 0 Å². The maximum absolute atomic E-state index is 12.0. The van der Waals surface area contributed by atoms with Gasteiger partial charge in [-0.2, -0.15) is 0 Å². The van der Waals surface area contributed by atoms with Crippen molar-refractivity contribution < 1.29 is 33.7 Å². The van der Waals surface area contributed by atoms with Crippen molar-refractivity contribution in [1.29, 1.82) is 0 Å². The Morgan fingerprint density at radius 2 is 1.53 bits per heavy atom. The fourth-order valence-corrected chi connectivity index (χ4v) is 7.82. The van der Waals surface area contributed by atoms with Crippen LogP contribution >= 0.6 is 0 Å². The normalized spacial score (nSPS) is 41.9. The third kappa shape index (κ3) is 3.39. The molecule has 7 heteroatoms. The summed E-state index contributed by atoms with van der Waals surface area (Å²) in [4.78, 5) is 35.4. The first-order valence-electron chi connectivity index (χ1n) is 11.9. The number of aliphatic hydroxyl groups excluding tert-OH is 1. The Morgan fingerprint density at radius 3 is 2.12 bits per heavy atom. The molecule has 0 heterocycles. The molecule has 178 valence electrons. The molecule has 0 amide bonds. The van der Waals surface area contributed by atoms with Gasteiger partial charge < -0.3 is 19.3 Å². The Hall–Kier alpha value is -1.89. The first kappa shape index (κ1) is 23.3. The van der Waals surface area contributed by atoms with E-state index in [4.69, 9.17) is 14.2 Å². The molecule has 3 saturated carbocycles. The smallest absolute Gasteiger partial charge is 0.305 e. The van der Waals surface area contributed by atoms with Crippen LogP contribution in [0.25, 0.3) is 0 Å². The van der Waals surface area contributed by atoms with E-state index < -0.39 is 35.3 Å². The molecule has 0 bridgehead atoms. The monoisotopic (exact) mass is 448 g/mol. The third-order valence-corrected chi connectivity index (χ3v) is 9.12. The molecule has 0 saturated heterocycles. The molecule has 7 nitrogen and oxygen atoms in total. The van der Waals surface area contributed by atoms with E-state index in [-0.39, 0.29) is 17.3 Å². The zero-order valence-corrected chi connectivity index (χ0v) is 19.8. The van der Waals surface area contributed by atoms with Gasteiger partial charge in [-0.25, -0.2) is 0 Å². The summed E-state index contributed by atoms with van der Waals surface area (Å²) in [6, 6.07) is 0. The van der Waals surface area contributed by atoms with Gasteiger partial charge in [0.25, 0.3) is 5.79 Å². The number of ether oxygens (including phenoxy) is 3. The van der Waals surface area contributed by atoms with Gasteiger partial charge in [0.1, 0.15) is 12.2 Å². The van der Waals surface area contributed by atoms with Crippen LogP contribution in [-0.2, 0) is 28.6 Å². The summed E-state index contributed by atoms with van der Waals surface area (Å²) in [7, 11) is 0. The van der Waals surface area contributed by atoms with Crippen LogP contribution in [0.15, 0.2) is 11.6 Å². The number of hydrogen-bond donors (Lipinski definition) is 1. The van der Waals surface area contributed by atoms with Gasteiger partial charge in [0.15, 0.2) is 0 Å². The van der Waals surface area contributed by atoms with Gasteiger partial charge in [-0.15, -0.1) is 0 Å². The lowest BCUT2D eigenvalue weighted by Crippen LogP contribution is -2.58. The molecule has 0 aromatic carbocycles. The average molecular weight is 449 g/mol. The van der Waals surface area contributed by atoms with Gasteiger partial charge in [0.2, 0.25) is 0 Å². The Morgan fingerprint density at radius 1 is 0.906 bits per heavy atom. The minimum absolute atomic E-state index is 0.158. The summed E-state index contributed by atoms with van der Waals surface area (Å²) in [5, 5.41) is 11.0. The van der Waals surface area contributed by atoms with Gasteiger partial charge in [-0.05, 0) is 67.3 Å². The lowest BCUT2D eigenvalue weighted by Gasteiger charge is -2.59. The Kier molecular flexibility index (Phi) is 5.71. The minimum atomic E-state index is -1.21. The van der Waals surface area contributed by atoms with Crippen molar-refractivity contribution in [3.8, 4) is 0 Å². The Bertz CT molecular complexity index is 831. The van der Waals surface area contributed by atoms with Crippen LogP contribution in [0, 0.1) is 28.6 Å². The summed E-state index contributed by atoms with van der Waals surface area (Å²) in [5.74, 6) is -1.46. The van der Waals surface area contributed by atoms with Crippen LogP contribution in [0.2, 0.25) is 0 Å². The lowest BCUT2D eigenvalue weighted by atomic mass is 9.47. The van der Waals surface area contributed by atoms with E-state index in [0.717, 1.165) is 37.7 Å². The van der Waals surface area contributed by atoms with Crippen molar-refractivity contribution in [2.75, 3.05) is 0 Å². The lowest BCUT2D eigenvalue weighted by molar-refractivity contribution is -0.273. The topological polar surface area (TPSA) is 99.1 Å². The highest BCUT2D eigenvalue weighted by molar-refractivity contribution is 5.69. The van der Waals surface area contributed by atoms with Crippen molar-refractivity contribution in [1.82, 2.24) is 0 Å². The predicted octanol–water partition coefficient (Wildman–Crippen LogP) is 3.67. The Labute approximate surface area is 189 Å². The number of carbonyl (C=O) groups excluding carboxylic acids is 3. The van der Waals surface area contributed by atoms with Crippen LogP contribution in [0.3, 0.4) is 0 Å². The summed E-state index contributed by atoms with van der Waals surface area (Å²) in [6.07, 6.45) is 6.26. The molecule has 7 atom stereocenters. The van der Waals surface area contributed by atoms with E-state index in [1.165, 1.54) is 20.8 Å². The molecule has 3 fully saturated rings. The Balaban J connectivity index is 1.65. The standard InChI is InChI=1S/C25H36O7/c1-14(26)30-21-10-11-23(4)18-8-12-24(5)19(17(18)6-7-20(23)22(21)29)9-13-25(24,31-15(2)27)32-16(3)28/h7,17-19,21-22,29H,6,8-13H2,1-5H3/t17-,18-,19+,21?,22?,23-,24+/m1/s1. The summed E-state index contributed by atoms with van der Waals surface area (Å²) in [6.45, 7) is 8.47. The quantitative estimate of drug-likeness (QED) is 0.399. The molecule has 2 unspecified atom stereocenters. The molecule has 0 aromatic heterocycles. The first-order chi connectivity index (χ1) is 14.9. The molecule has 0 spiro atoms.